The summed E-state index contributed by atoms with van der Waals surface area (Å²) in [6.45, 7) is 0.411. The molecule has 66 valence electrons. The maximum atomic E-state index is 9.40. The quantitative estimate of drug-likeness (QED) is 0.477. The third-order valence-corrected chi connectivity index (χ3v) is 2.14. The van der Waals surface area contributed by atoms with Crippen molar-refractivity contribution in [3.8, 4) is 6.07 Å². The number of nitriles is 1. The topological polar surface area (TPSA) is 76.3 Å². The van der Waals surface area contributed by atoms with Gasteiger partial charge in [-0.25, -0.2) is 0 Å². The SMILES string of the molecule is N#Cc1ccc2c(c1)C(O)(O)NC2. The predicted molar refractivity (Wildman–Crippen MR) is 44.1 cm³/mol. The van der Waals surface area contributed by atoms with Gasteiger partial charge in [-0.15, -0.1) is 0 Å². The molecule has 1 heterocycles. The molecule has 0 fully saturated rings. The molecule has 0 aliphatic carbocycles. The Balaban J connectivity index is 2.57. The lowest BCUT2D eigenvalue weighted by Gasteiger charge is -2.15. The van der Waals surface area contributed by atoms with E-state index >= 15 is 0 Å². The highest BCUT2D eigenvalue weighted by Crippen LogP contribution is 2.27. The maximum absolute atomic E-state index is 9.40. The summed E-state index contributed by atoms with van der Waals surface area (Å²) in [6.07, 6.45) is 0. The molecule has 0 bridgehead atoms. The Morgan fingerprint density at radius 3 is 2.92 bits per heavy atom. The van der Waals surface area contributed by atoms with E-state index in [1.165, 1.54) is 6.07 Å². The molecule has 0 saturated carbocycles. The second-order valence-electron chi connectivity index (χ2n) is 3.01. The minimum atomic E-state index is -1.98. The lowest BCUT2D eigenvalue weighted by atomic mass is 10.1. The van der Waals surface area contributed by atoms with Crippen molar-refractivity contribution in [3.63, 3.8) is 0 Å². The van der Waals surface area contributed by atoms with Crippen LogP contribution in [0.1, 0.15) is 16.7 Å². The number of benzene rings is 1. The van der Waals surface area contributed by atoms with Gasteiger partial charge in [-0.1, -0.05) is 6.07 Å². The fourth-order valence-electron chi connectivity index (χ4n) is 1.44. The van der Waals surface area contributed by atoms with Crippen LogP contribution in [0.4, 0.5) is 0 Å². The summed E-state index contributed by atoms with van der Waals surface area (Å²) in [4.78, 5) is 0. The van der Waals surface area contributed by atoms with E-state index in [1.807, 2.05) is 6.07 Å². The van der Waals surface area contributed by atoms with Crippen LogP contribution < -0.4 is 5.32 Å². The van der Waals surface area contributed by atoms with Crippen LogP contribution in [0, 0.1) is 11.3 Å². The second kappa shape index (κ2) is 2.54. The fourth-order valence-corrected chi connectivity index (χ4v) is 1.44. The van der Waals surface area contributed by atoms with Crippen LogP contribution >= 0.6 is 0 Å². The van der Waals surface area contributed by atoms with Crippen molar-refractivity contribution >= 4 is 0 Å². The van der Waals surface area contributed by atoms with Crippen LogP contribution in [0.15, 0.2) is 18.2 Å². The molecule has 3 N–H and O–H groups in total. The van der Waals surface area contributed by atoms with Crippen molar-refractivity contribution in [1.82, 2.24) is 5.32 Å². The van der Waals surface area contributed by atoms with Crippen LogP contribution in [-0.4, -0.2) is 10.2 Å². The largest absolute Gasteiger partial charge is 0.350 e. The van der Waals surface area contributed by atoms with Gasteiger partial charge in [-0.3, -0.25) is 5.32 Å². The third kappa shape index (κ3) is 1.19. The summed E-state index contributed by atoms with van der Waals surface area (Å²) in [6, 6.07) is 6.80. The Hall–Kier alpha value is -1.41. The van der Waals surface area contributed by atoms with Gasteiger partial charge in [0.1, 0.15) is 0 Å². The molecule has 0 radical (unpaired) electrons. The molecule has 2 rings (SSSR count). The van der Waals surface area contributed by atoms with Crippen molar-refractivity contribution in [1.29, 1.82) is 5.26 Å². The van der Waals surface area contributed by atoms with E-state index in [4.69, 9.17) is 5.26 Å². The van der Waals surface area contributed by atoms with Crippen molar-refractivity contribution in [2.45, 2.75) is 12.5 Å². The first-order valence-electron chi connectivity index (χ1n) is 3.87. The van der Waals surface area contributed by atoms with E-state index in [1.54, 1.807) is 12.1 Å². The summed E-state index contributed by atoms with van der Waals surface area (Å²) >= 11 is 0. The van der Waals surface area contributed by atoms with Crippen molar-refractivity contribution in [2.24, 2.45) is 0 Å². The van der Waals surface area contributed by atoms with Gasteiger partial charge in [0.15, 0.2) is 0 Å². The van der Waals surface area contributed by atoms with Gasteiger partial charge in [-0.2, -0.15) is 5.26 Å². The normalized spacial score (nSPS) is 17.9. The van der Waals surface area contributed by atoms with E-state index in [-0.39, 0.29) is 0 Å². The minimum absolute atomic E-state index is 0.367. The monoisotopic (exact) mass is 176 g/mol. The Labute approximate surface area is 75.1 Å². The molecule has 1 aliphatic heterocycles. The Morgan fingerprint density at radius 2 is 2.23 bits per heavy atom. The first-order valence-corrected chi connectivity index (χ1v) is 3.87. The van der Waals surface area contributed by atoms with E-state index in [9.17, 15) is 10.2 Å². The molecule has 1 aromatic carbocycles. The molecule has 1 aliphatic rings. The number of rotatable bonds is 0. The zero-order valence-electron chi connectivity index (χ0n) is 6.78. The first kappa shape index (κ1) is 8.20. The van der Waals surface area contributed by atoms with E-state index < -0.39 is 5.91 Å². The van der Waals surface area contributed by atoms with Crippen LogP contribution in [0.5, 0.6) is 0 Å². The van der Waals surface area contributed by atoms with Gasteiger partial charge >= 0.3 is 0 Å². The van der Waals surface area contributed by atoms with Crippen molar-refractivity contribution < 1.29 is 10.2 Å². The third-order valence-electron chi connectivity index (χ3n) is 2.14. The van der Waals surface area contributed by atoms with Crippen LogP contribution in [0.2, 0.25) is 0 Å². The average Bonchev–Trinajstić information content (AvgIpc) is 2.42. The summed E-state index contributed by atoms with van der Waals surface area (Å²) in [7, 11) is 0. The van der Waals surface area contributed by atoms with Gasteiger partial charge in [0.2, 0.25) is 0 Å². The molecule has 4 heteroatoms. The number of aliphatic hydroxyl groups is 2. The molecule has 0 amide bonds. The molecule has 0 aromatic heterocycles. The highest BCUT2D eigenvalue weighted by Gasteiger charge is 2.33. The van der Waals surface area contributed by atoms with Gasteiger partial charge in [0, 0.05) is 12.1 Å². The van der Waals surface area contributed by atoms with Gasteiger partial charge in [0.25, 0.3) is 5.91 Å². The predicted octanol–water partition coefficient (Wildman–Crippen LogP) is -0.244. The molecule has 13 heavy (non-hydrogen) atoms. The standard InChI is InChI=1S/C9H8N2O2/c10-4-6-1-2-7-5-11-9(12,13)8(7)3-6/h1-3,11-13H,5H2. The van der Waals surface area contributed by atoms with Crippen LogP contribution in [-0.2, 0) is 12.5 Å². The molecule has 1 aromatic rings. The lowest BCUT2D eigenvalue weighted by molar-refractivity contribution is -0.187. The van der Waals surface area contributed by atoms with Crippen molar-refractivity contribution in [2.75, 3.05) is 0 Å². The molecular formula is C9H8N2O2. The number of nitrogens with one attached hydrogen (secondary N) is 1. The van der Waals surface area contributed by atoms with Gasteiger partial charge in [0.05, 0.1) is 11.6 Å². The number of hydrogen-bond acceptors (Lipinski definition) is 4. The molecule has 0 unspecified atom stereocenters. The molecule has 0 saturated heterocycles. The Morgan fingerprint density at radius 1 is 1.46 bits per heavy atom. The highest BCUT2D eigenvalue weighted by atomic mass is 16.5. The zero-order valence-corrected chi connectivity index (χ0v) is 6.78. The zero-order chi connectivity index (χ0) is 9.47. The molecule has 0 spiro atoms. The van der Waals surface area contributed by atoms with Gasteiger partial charge < -0.3 is 10.2 Å². The van der Waals surface area contributed by atoms with E-state index in [0.717, 1.165) is 5.56 Å². The molecular weight excluding hydrogens is 168 g/mol. The average molecular weight is 176 g/mol. The van der Waals surface area contributed by atoms with Gasteiger partial charge in [-0.05, 0) is 17.7 Å². The number of hydrogen-bond donors (Lipinski definition) is 3. The molecule has 4 nitrogen and oxygen atoms in total. The summed E-state index contributed by atoms with van der Waals surface area (Å²) in [5, 5.41) is 29.9. The smallest absolute Gasteiger partial charge is 0.251 e. The second-order valence-corrected chi connectivity index (χ2v) is 3.01. The fraction of sp³-hybridized carbons (Fsp3) is 0.222. The number of fused-ring (bicyclic) bond motifs is 1. The summed E-state index contributed by atoms with van der Waals surface area (Å²) in [5.74, 6) is -1.98. The number of nitrogens with zero attached hydrogens (tertiary/aromatic N) is 1. The van der Waals surface area contributed by atoms with Crippen molar-refractivity contribution in [3.05, 3.63) is 34.9 Å². The summed E-state index contributed by atoms with van der Waals surface area (Å²) < 4.78 is 0. The van der Waals surface area contributed by atoms with E-state index in [2.05, 4.69) is 5.32 Å². The maximum Gasteiger partial charge on any atom is 0.251 e. The Bertz CT molecular complexity index is 393. The first-order chi connectivity index (χ1) is 6.13. The lowest BCUT2D eigenvalue weighted by Crippen LogP contribution is -2.35. The Kier molecular flexibility index (Phi) is 1.60. The van der Waals surface area contributed by atoms with Crippen LogP contribution in [0.3, 0.4) is 0 Å². The van der Waals surface area contributed by atoms with Crippen LogP contribution in [0.25, 0.3) is 0 Å². The highest BCUT2D eigenvalue weighted by molar-refractivity contribution is 5.42. The summed E-state index contributed by atoms with van der Waals surface area (Å²) in [5.41, 5.74) is 1.60. The molecule has 0 atom stereocenters. The minimum Gasteiger partial charge on any atom is -0.350 e. The van der Waals surface area contributed by atoms with E-state index in [0.29, 0.717) is 17.7 Å².